The van der Waals surface area contributed by atoms with Crippen molar-refractivity contribution >= 4 is 17.7 Å². The van der Waals surface area contributed by atoms with E-state index in [0.29, 0.717) is 6.54 Å². The molecule has 13 heavy (non-hydrogen) atoms. The lowest BCUT2D eigenvalue weighted by Crippen LogP contribution is -2.23. The second kappa shape index (κ2) is 7.21. The Hall–Kier alpha value is -0.220. The van der Waals surface area contributed by atoms with Gasteiger partial charge >= 0.3 is 5.97 Å². The Bertz CT molecular complexity index is 153. The normalized spacial score (nSPS) is 15.3. The Kier molecular flexibility index (Phi) is 7.09. The molecule has 0 aliphatic carbocycles. The lowest BCUT2D eigenvalue weighted by atomic mass is 10.2. The zero-order chi connectivity index (χ0) is 10.3. The molecule has 0 spiro atoms. The topological polar surface area (TPSA) is 63.3 Å². The molecule has 0 radical (unpaired) electrons. The number of nitrogens with two attached hydrogens (primary N) is 1. The highest BCUT2D eigenvalue weighted by molar-refractivity contribution is 8.01. The predicted octanol–water partition coefficient (Wildman–Crippen LogP) is 1.71. The molecule has 0 saturated carbocycles. The summed E-state index contributed by atoms with van der Waals surface area (Å²) in [6.45, 7) is 4.57. The van der Waals surface area contributed by atoms with Gasteiger partial charge < -0.3 is 10.8 Å². The van der Waals surface area contributed by atoms with Gasteiger partial charge in [-0.1, -0.05) is 26.7 Å². The zero-order valence-electron chi connectivity index (χ0n) is 8.32. The van der Waals surface area contributed by atoms with Crippen molar-refractivity contribution in [2.45, 2.75) is 43.6 Å². The molecule has 0 fully saturated rings. The molecule has 0 aromatic heterocycles. The van der Waals surface area contributed by atoms with E-state index in [1.54, 1.807) is 0 Å². The number of hydrogen-bond acceptors (Lipinski definition) is 3. The van der Waals surface area contributed by atoms with Gasteiger partial charge in [-0.25, -0.2) is 0 Å². The highest BCUT2D eigenvalue weighted by Gasteiger charge is 2.19. The quantitative estimate of drug-likeness (QED) is 0.664. The Morgan fingerprint density at radius 1 is 1.62 bits per heavy atom. The lowest BCUT2D eigenvalue weighted by Gasteiger charge is -2.15. The minimum Gasteiger partial charge on any atom is -0.480 e. The fourth-order valence-electron chi connectivity index (χ4n) is 0.975. The largest absolute Gasteiger partial charge is 0.480 e. The minimum absolute atomic E-state index is 0.234. The van der Waals surface area contributed by atoms with Gasteiger partial charge in [0.15, 0.2) is 0 Å². The third kappa shape index (κ3) is 5.93. The van der Waals surface area contributed by atoms with Gasteiger partial charge in [-0.05, 0) is 6.42 Å². The molecule has 2 atom stereocenters. The lowest BCUT2D eigenvalue weighted by molar-refractivity contribution is -0.136. The van der Waals surface area contributed by atoms with Gasteiger partial charge in [0.25, 0.3) is 0 Å². The maximum Gasteiger partial charge on any atom is 0.316 e. The first-order chi connectivity index (χ1) is 6.11. The number of thioether (sulfide) groups is 1. The van der Waals surface area contributed by atoms with Gasteiger partial charge in [-0.15, -0.1) is 11.8 Å². The zero-order valence-corrected chi connectivity index (χ0v) is 9.14. The summed E-state index contributed by atoms with van der Waals surface area (Å²) in [7, 11) is 0. The van der Waals surface area contributed by atoms with Crippen LogP contribution in [0.25, 0.3) is 0 Å². The molecule has 3 N–H and O–H groups in total. The Labute approximate surface area is 84.1 Å². The molecular formula is C9H19NO2S. The molecule has 2 unspecified atom stereocenters. The van der Waals surface area contributed by atoms with E-state index < -0.39 is 5.97 Å². The number of unbranched alkanes of at least 4 members (excludes halogenated alkanes) is 1. The van der Waals surface area contributed by atoms with E-state index in [1.165, 1.54) is 11.8 Å². The van der Waals surface area contributed by atoms with Gasteiger partial charge in [0.1, 0.15) is 5.25 Å². The van der Waals surface area contributed by atoms with Gasteiger partial charge in [0, 0.05) is 11.8 Å². The first kappa shape index (κ1) is 12.8. The third-order valence-electron chi connectivity index (χ3n) is 1.82. The van der Waals surface area contributed by atoms with Gasteiger partial charge in [-0.2, -0.15) is 0 Å². The molecule has 0 aliphatic heterocycles. The fourth-order valence-corrected chi connectivity index (χ4v) is 2.07. The third-order valence-corrected chi connectivity index (χ3v) is 3.25. The standard InChI is InChI=1S/C9H19NO2S/c1-3-4-5-8(9(11)12)13-7(2)6-10/h7-8H,3-6,10H2,1-2H3,(H,11,12). The van der Waals surface area contributed by atoms with Crippen LogP contribution >= 0.6 is 11.8 Å². The van der Waals surface area contributed by atoms with Crippen molar-refractivity contribution in [1.82, 2.24) is 0 Å². The SMILES string of the molecule is CCCCC(SC(C)CN)C(=O)O. The summed E-state index contributed by atoms with van der Waals surface area (Å²) in [6.07, 6.45) is 2.77. The first-order valence-corrected chi connectivity index (χ1v) is 5.64. The van der Waals surface area contributed by atoms with Crippen LogP contribution in [-0.2, 0) is 4.79 Å². The number of aliphatic carboxylic acids is 1. The molecule has 0 bridgehead atoms. The Morgan fingerprint density at radius 2 is 2.23 bits per heavy atom. The van der Waals surface area contributed by atoms with Gasteiger partial charge in [0.05, 0.1) is 0 Å². The first-order valence-electron chi connectivity index (χ1n) is 4.70. The smallest absolute Gasteiger partial charge is 0.316 e. The van der Waals surface area contributed by atoms with E-state index in [2.05, 4.69) is 6.92 Å². The highest BCUT2D eigenvalue weighted by atomic mass is 32.2. The van der Waals surface area contributed by atoms with Crippen molar-refractivity contribution in [3.05, 3.63) is 0 Å². The van der Waals surface area contributed by atoms with Crippen LogP contribution < -0.4 is 5.73 Å². The van der Waals surface area contributed by atoms with Crippen LogP contribution in [0.15, 0.2) is 0 Å². The van der Waals surface area contributed by atoms with Crippen LogP contribution in [0, 0.1) is 0 Å². The molecule has 0 amide bonds. The number of carboxylic acids is 1. The molecule has 0 heterocycles. The number of hydrogen-bond donors (Lipinski definition) is 2. The van der Waals surface area contributed by atoms with Crippen LogP contribution in [0.5, 0.6) is 0 Å². The van der Waals surface area contributed by atoms with Crippen LogP contribution in [0.2, 0.25) is 0 Å². The molecule has 4 heteroatoms. The summed E-state index contributed by atoms with van der Waals surface area (Å²) >= 11 is 1.47. The minimum atomic E-state index is -0.709. The molecule has 0 rings (SSSR count). The summed E-state index contributed by atoms with van der Waals surface area (Å²) in [5.41, 5.74) is 5.44. The maximum absolute atomic E-state index is 10.8. The molecule has 78 valence electrons. The Morgan fingerprint density at radius 3 is 2.62 bits per heavy atom. The summed E-state index contributed by atoms with van der Waals surface area (Å²) in [5, 5.41) is 8.84. The van der Waals surface area contributed by atoms with Crippen molar-refractivity contribution < 1.29 is 9.90 Å². The molecule has 3 nitrogen and oxygen atoms in total. The van der Waals surface area contributed by atoms with E-state index in [1.807, 2.05) is 6.92 Å². The van der Waals surface area contributed by atoms with E-state index >= 15 is 0 Å². The van der Waals surface area contributed by atoms with E-state index in [4.69, 9.17) is 10.8 Å². The summed E-state index contributed by atoms with van der Waals surface area (Å²) in [4.78, 5) is 10.8. The van der Waals surface area contributed by atoms with Crippen LogP contribution in [0.3, 0.4) is 0 Å². The fraction of sp³-hybridized carbons (Fsp3) is 0.889. The monoisotopic (exact) mass is 205 g/mol. The van der Waals surface area contributed by atoms with Crippen molar-refractivity contribution in [3.8, 4) is 0 Å². The van der Waals surface area contributed by atoms with Crippen molar-refractivity contribution in [2.75, 3.05) is 6.54 Å². The number of rotatable bonds is 7. The average Bonchev–Trinajstić information content (AvgIpc) is 2.11. The average molecular weight is 205 g/mol. The molecule has 0 aromatic carbocycles. The molecule has 0 aliphatic rings. The van der Waals surface area contributed by atoms with Crippen molar-refractivity contribution in [2.24, 2.45) is 5.73 Å². The van der Waals surface area contributed by atoms with Crippen molar-refractivity contribution in [1.29, 1.82) is 0 Å². The van der Waals surface area contributed by atoms with E-state index in [-0.39, 0.29) is 10.5 Å². The summed E-state index contributed by atoms with van der Waals surface area (Å²) in [5.74, 6) is -0.709. The summed E-state index contributed by atoms with van der Waals surface area (Å²) in [6, 6.07) is 0. The predicted molar refractivity (Wildman–Crippen MR) is 57.1 cm³/mol. The second-order valence-corrected chi connectivity index (χ2v) is 4.80. The van der Waals surface area contributed by atoms with Crippen LogP contribution in [0.1, 0.15) is 33.1 Å². The number of carbonyl (C=O) groups is 1. The van der Waals surface area contributed by atoms with Crippen LogP contribution in [-0.4, -0.2) is 28.1 Å². The van der Waals surface area contributed by atoms with Crippen molar-refractivity contribution in [3.63, 3.8) is 0 Å². The van der Waals surface area contributed by atoms with Gasteiger partial charge in [-0.3, -0.25) is 4.79 Å². The Balaban J connectivity index is 3.87. The molecular weight excluding hydrogens is 186 g/mol. The summed E-state index contributed by atoms with van der Waals surface area (Å²) < 4.78 is 0. The highest BCUT2D eigenvalue weighted by Crippen LogP contribution is 2.21. The van der Waals surface area contributed by atoms with E-state index in [9.17, 15) is 4.79 Å². The number of carboxylic acid groups (broad SMARTS) is 1. The van der Waals surface area contributed by atoms with E-state index in [0.717, 1.165) is 19.3 Å². The van der Waals surface area contributed by atoms with Crippen LogP contribution in [0.4, 0.5) is 0 Å². The van der Waals surface area contributed by atoms with Gasteiger partial charge in [0.2, 0.25) is 0 Å². The second-order valence-electron chi connectivity index (χ2n) is 3.15. The molecule has 0 aromatic rings. The maximum atomic E-state index is 10.8. The molecule has 0 saturated heterocycles.